The van der Waals surface area contributed by atoms with Gasteiger partial charge in [0.2, 0.25) is 5.78 Å². The zero-order valence-electron chi connectivity index (χ0n) is 7.90. The van der Waals surface area contributed by atoms with Crippen molar-refractivity contribution in [3.05, 3.63) is 17.2 Å². The van der Waals surface area contributed by atoms with Crippen LogP contribution >= 0.6 is 0 Å². The number of Topliss-reactive ketones (excluding diaryl/α,β-unsaturated/α-hetero) is 2. The van der Waals surface area contributed by atoms with E-state index >= 15 is 0 Å². The number of rotatable bonds is 1. The van der Waals surface area contributed by atoms with Crippen LogP contribution < -0.4 is 4.74 Å². The summed E-state index contributed by atoms with van der Waals surface area (Å²) in [5.41, 5.74) is -0.0911. The van der Waals surface area contributed by atoms with Crippen molar-refractivity contribution in [2.45, 2.75) is 6.92 Å². The number of phenolic OH excluding ortho intramolecular Hbond substituents is 2. The maximum Gasteiger partial charge on any atom is 0.207 e. The Kier molecular flexibility index (Phi) is 1.89. The molecule has 5 heteroatoms. The molecule has 0 amide bonds. The van der Waals surface area contributed by atoms with Crippen molar-refractivity contribution in [1.29, 1.82) is 0 Å². The summed E-state index contributed by atoms with van der Waals surface area (Å²) in [5, 5.41) is 18.9. The summed E-state index contributed by atoms with van der Waals surface area (Å²) in [5.74, 6) is -1.59. The molecule has 0 saturated heterocycles. The van der Waals surface area contributed by atoms with Gasteiger partial charge < -0.3 is 14.9 Å². The molecule has 0 saturated carbocycles. The third-order valence-corrected chi connectivity index (χ3v) is 2.22. The van der Waals surface area contributed by atoms with Gasteiger partial charge in [-0.25, -0.2) is 0 Å². The van der Waals surface area contributed by atoms with Crippen molar-refractivity contribution in [2.24, 2.45) is 0 Å². The number of benzene rings is 1. The molecule has 0 aliphatic carbocycles. The van der Waals surface area contributed by atoms with Crippen molar-refractivity contribution in [3.8, 4) is 17.2 Å². The predicted octanol–water partition coefficient (Wildman–Crippen LogP) is 0.875. The molecular weight excluding hydrogens is 200 g/mol. The minimum Gasteiger partial charge on any atom is -0.507 e. The quantitative estimate of drug-likeness (QED) is 0.669. The fourth-order valence-corrected chi connectivity index (χ4v) is 1.60. The average molecular weight is 208 g/mol. The SMILES string of the molecule is CC(=O)c1c(O)cc(O)c2c1OCC2=O. The highest BCUT2D eigenvalue weighted by Gasteiger charge is 2.31. The summed E-state index contributed by atoms with van der Waals surface area (Å²) in [6.45, 7) is 1.03. The first-order valence-corrected chi connectivity index (χ1v) is 4.28. The molecule has 0 fully saturated rings. The maximum atomic E-state index is 11.3. The normalized spacial score (nSPS) is 13.5. The second-order valence-corrected chi connectivity index (χ2v) is 3.26. The van der Waals surface area contributed by atoms with Gasteiger partial charge in [0.15, 0.2) is 12.4 Å². The molecule has 1 aliphatic rings. The summed E-state index contributed by atoms with van der Waals surface area (Å²) < 4.78 is 4.97. The van der Waals surface area contributed by atoms with E-state index in [-0.39, 0.29) is 35.0 Å². The van der Waals surface area contributed by atoms with Gasteiger partial charge in [0.25, 0.3) is 0 Å². The number of ether oxygens (including phenoxy) is 1. The molecule has 1 heterocycles. The highest BCUT2D eigenvalue weighted by atomic mass is 16.5. The smallest absolute Gasteiger partial charge is 0.207 e. The molecule has 1 aromatic rings. The number of phenols is 2. The average Bonchev–Trinajstić information content (AvgIpc) is 2.47. The summed E-state index contributed by atoms with van der Waals surface area (Å²) >= 11 is 0. The molecule has 0 aromatic heterocycles. The van der Waals surface area contributed by atoms with Gasteiger partial charge in [-0.3, -0.25) is 9.59 Å². The van der Waals surface area contributed by atoms with Crippen LogP contribution in [0.1, 0.15) is 27.6 Å². The van der Waals surface area contributed by atoms with E-state index in [1.165, 1.54) is 6.92 Å². The molecule has 0 unspecified atom stereocenters. The molecule has 15 heavy (non-hydrogen) atoms. The van der Waals surface area contributed by atoms with E-state index in [4.69, 9.17) is 4.74 Å². The van der Waals surface area contributed by atoms with Crippen LogP contribution in [0, 0.1) is 0 Å². The number of carbonyl (C=O) groups excluding carboxylic acids is 2. The van der Waals surface area contributed by atoms with Gasteiger partial charge in [-0.15, -0.1) is 0 Å². The molecule has 0 radical (unpaired) electrons. The van der Waals surface area contributed by atoms with Crippen LogP contribution in [0.25, 0.3) is 0 Å². The Labute approximate surface area is 84.9 Å². The Balaban J connectivity index is 2.79. The molecule has 1 aliphatic heterocycles. The third-order valence-electron chi connectivity index (χ3n) is 2.22. The maximum absolute atomic E-state index is 11.3. The largest absolute Gasteiger partial charge is 0.507 e. The van der Waals surface area contributed by atoms with Gasteiger partial charge in [-0.1, -0.05) is 0 Å². The van der Waals surface area contributed by atoms with Crippen LogP contribution in [0.15, 0.2) is 6.07 Å². The molecular formula is C10H8O5. The standard InChI is InChI=1S/C10H8O5/c1-4(11)8-5(12)2-6(13)9-7(14)3-15-10(8)9/h2,12-13H,3H2,1H3. The van der Waals surface area contributed by atoms with Gasteiger partial charge in [-0.2, -0.15) is 0 Å². The van der Waals surface area contributed by atoms with Crippen LogP contribution in [-0.2, 0) is 0 Å². The minimum atomic E-state index is -0.418. The molecule has 0 atom stereocenters. The second-order valence-electron chi connectivity index (χ2n) is 3.26. The number of hydrogen-bond donors (Lipinski definition) is 2. The van der Waals surface area contributed by atoms with Gasteiger partial charge in [-0.05, 0) is 6.92 Å². The molecule has 1 aromatic carbocycles. The number of aromatic hydroxyl groups is 2. The number of ketones is 2. The Morgan fingerprint density at radius 1 is 1.40 bits per heavy atom. The van der Waals surface area contributed by atoms with Crippen molar-refractivity contribution < 1.29 is 24.5 Å². The van der Waals surface area contributed by atoms with Crippen molar-refractivity contribution >= 4 is 11.6 Å². The van der Waals surface area contributed by atoms with Crippen molar-refractivity contribution in [3.63, 3.8) is 0 Å². The molecule has 0 bridgehead atoms. The first kappa shape index (κ1) is 9.51. The van der Waals surface area contributed by atoms with E-state index in [0.29, 0.717) is 0 Å². The predicted molar refractivity (Wildman–Crippen MR) is 49.6 cm³/mol. The first-order chi connectivity index (χ1) is 7.02. The highest BCUT2D eigenvalue weighted by molar-refractivity contribution is 6.10. The Bertz CT molecular complexity index is 475. The van der Waals surface area contributed by atoms with Gasteiger partial charge >= 0.3 is 0 Å². The van der Waals surface area contributed by atoms with E-state index in [9.17, 15) is 19.8 Å². The van der Waals surface area contributed by atoms with Gasteiger partial charge in [0, 0.05) is 6.07 Å². The van der Waals surface area contributed by atoms with Crippen molar-refractivity contribution in [2.75, 3.05) is 6.61 Å². The lowest BCUT2D eigenvalue weighted by Crippen LogP contribution is -1.99. The molecule has 78 valence electrons. The summed E-state index contributed by atoms with van der Waals surface area (Å²) in [7, 11) is 0. The fraction of sp³-hybridized carbons (Fsp3) is 0.200. The zero-order chi connectivity index (χ0) is 11.2. The lowest BCUT2D eigenvalue weighted by Gasteiger charge is -2.07. The number of fused-ring (bicyclic) bond motifs is 1. The monoisotopic (exact) mass is 208 g/mol. The third kappa shape index (κ3) is 1.24. The van der Waals surface area contributed by atoms with Crippen LogP contribution in [0.3, 0.4) is 0 Å². The van der Waals surface area contributed by atoms with Gasteiger partial charge in [0.1, 0.15) is 28.4 Å². The van der Waals surface area contributed by atoms with E-state index in [0.717, 1.165) is 6.07 Å². The molecule has 2 N–H and O–H groups in total. The van der Waals surface area contributed by atoms with E-state index in [1.54, 1.807) is 0 Å². The summed E-state index contributed by atoms with van der Waals surface area (Å²) in [4.78, 5) is 22.5. The van der Waals surface area contributed by atoms with E-state index in [1.807, 2.05) is 0 Å². The van der Waals surface area contributed by atoms with Crippen LogP contribution in [-0.4, -0.2) is 28.4 Å². The number of hydrogen-bond acceptors (Lipinski definition) is 5. The minimum absolute atomic E-state index is 0.0231. The van der Waals surface area contributed by atoms with Crippen molar-refractivity contribution in [1.82, 2.24) is 0 Å². The molecule has 2 rings (SSSR count). The fourth-order valence-electron chi connectivity index (χ4n) is 1.60. The molecule has 5 nitrogen and oxygen atoms in total. The van der Waals surface area contributed by atoms with Gasteiger partial charge in [0.05, 0.1) is 0 Å². The van der Waals surface area contributed by atoms with Crippen LogP contribution in [0.4, 0.5) is 0 Å². The Morgan fingerprint density at radius 3 is 2.67 bits per heavy atom. The van der Waals surface area contributed by atoms with E-state index < -0.39 is 11.6 Å². The highest BCUT2D eigenvalue weighted by Crippen LogP contribution is 2.41. The van der Waals surface area contributed by atoms with E-state index in [2.05, 4.69) is 0 Å². The topological polar surface area (TPSA) is 83.8 Å². The lowest BCUT2D eigenvalue weighted by atomic mass is 10.0. The first-order valence-electron chi connectivity index (χ1n) is 4.28. The van der Waals surface area contributed by atoms with Crippen LogP contribution in [0.5, 0.6) is 17.2 Å². The lowest BCUT2D eigenvalue weighted by molar-refractivity contribution is 0.0953. The summed E-state index contributed by atoms with van der Waals surface area (Å²) in [6, 6.07) is 0.974. The Hall–Kier alpha value is -2.04. The number of carbonyl (C=O) groups is 2. The Morgan fingerprint density at radius 2 is 2.07 bits per heavy atom. The molecule has 0 spiro atoms. The van der Waals surface area contributed by atoms with Crippen LogP contribution in [0.2, 0.25) is 0 Å². The summed E-state index contributed by atoms with van der Waals surface area (Å²) in [6.07, 6.45) is 0. The zero-order valence-corrected chi connectivity index (χ0v) is 7.90. The second kappa shape index (κ2) is 2.98.